The second-order valence-electron chi connectivity index (χ2n) is 0.518. The molecule has 0 radical (unpaired) electrons. The normalized spacial score (nSPS) is 10.8. The molecule has 0 aromatic rings. The van der Waals surface area contributed by atoms with Gasteiger partial charge in [0, 0.05) is 0 Å². The van der Waals surface area contributed by atoms with Crippen LogP contribution in [0, 0.1) is 0 Å². The zero-order valence-corrected chi connectivity index (χ0v) is 3.44. The van der Waals surface area contributed by atoms with Gasteiger partial charge in [0.15, 0.2) is 0 Å². The summed E-state index contributed by atoms with van der Waals surface area (Å²) in [7, 11) is -4.76. The van der Waals surface area contributed by atoms with Gasteiger partial charge in [-0.3, -0.25) is 0 Å². The quantitative estimate of drug-likeness (QED) is 0.329. The third-order valence-electron chi connectivity index (χ3n) is 0.126. The van der Waals surface area contributed by atoms with Crippen molar-refractivity contribution in [3.63, 3.8) is 0 Å². The van der Waals surface area contributed by atoms with Crippen LogP contribution in [0.2, 0.25) is 0 Å². The highest BCUT2D eigenvalue weighted by Crippen LogP contribution is 1.83. The lowest BCUT2D eigenvalue weighted by atomic mass is 13.3. The summed E-state index contributed by atoms with van der Waals surface area (Å²) in [6.07, 6.45) is 0. The van der Waals surface area contributed by atoms with Gasteiger partial charge >= 0.3 is 10.4 Å². The largest absolute Gasteiger partial charge is 0.469 e. The SMILES string of the molecule is [NH2+]=NS(=O)(=O)F. The predicted molar refractivity (Wildman–Crippen MR) is 14.4 cm³/mol. The molecule has 0 atom stereocenters. The second kappa shape index (κ2) is 1.29. The van der Waals surface area contributed by atoms with Crippen LogP contribution in [0.15, 0.2) is 4.52 Å². The number of halogens is 1. The highest BCUT2D eigenvalue weighted by molar-refractivity contribution is 7.84. The van der Waals surface area contributed by atoms with Crippen molar-refractivity contribution in [2.75, 3.05) is 0 Å². The number of rotatable bonds is 1. The molecule has 0 unspecified atom stereocenters. The van der Waals surface area contributed by atoms with Gasteiger partial charge in [-0.05, 0) is 0 Å². The smallest absolute Gasteiger partial charge is 0.165 e. The van der Waals surface area contributed by atoms with Gasteiger partial charge in [0.2, 0.25) is 0 Å². The van der Waals surface area contributed by atoms with Gasteiger partial charge in [-0.15, -0.1) is 5.53 Å². The molecule has 0 bridgehead atoms. The monoisotopic (exact) mass is 113 g/mol. The molecule has 0 spiro atoms. The van der Waals surface area contributed by atoms with E-state index in [2.05, 4.69) is 5.53 Å². The van der Waals surface area contributed by atoms with Crippen molar-refractivity contribution in [3.05, 3.63) is 0 Å². The molecule has 0 aliphatic rings. The van der Waals surface area contributed by atoms with E-state index in [9.17, 15) is 3.89 Å². The van der Waals surface area contributed by atoms with Crippen LogP contribution in [-0.2, 0) is 10.4 Å². The number of hydrogen-bond acceptors (Lipinski definition) is 2. The Balaban J connectivity index is 4.25. The van der Waals surface area contributed by atoms with Gasteiger partial charge in [0.25, 0.3) is 0 Å². The Kier molecular flexibility index (Phi) is 1.18. The molecule has 0 aliphatic carbocycles. The van der Waals surface area contributed by atoms with Crippen molar-refractivity contribution in [2.45, 2.75) is 0 Å². The minimum absolute atomic E-state index is 1.83. The van der Waals surface area contributed by atoms with Crippen LogP contribution in [0.5, 0.6) is 0 Å². The third-order valence-corrected chi connectivity index (χ3v) is 0.378. The summed E-state index contributed by atoms with van der Waals surface area (Å²) in [4.78, 5) is 0. The van der Waals surface area contributed by atoms with E-state index >= 15 is 0 Å². The van der Waals surface area contributed by atoms with Crippen LogP contribution in [0.3, 0.4) is 0 Å². The fourth-order valence-electron chi connectivity index (χ4n) is 0. The molecule has 6 heteroatoms. The summed E-state index contributed by atoms with van der Waals surface area (Å²) in [6, 6.07) is 0. The molecule has 0 saturated carbocycles. The molecule has 6 heavy (non-hydrogen) atoms. The van der Waals surface area contributed by atoms with E-state index in [0.29, 0.717) is 0 Å². The molecule has 2 N–H and O–H groups in total. The summed E-state index contributed by atoms with van der Waals surface area (Å²) >= 11 is 0. The van der Waals surface area contributed by atoms with Gasteiger partial charge in [-0.2, -0.15) is 8.42 Å². The lowest BCUT2D eigenvalue weighted by Gasteiger charge is -1.60. The van der Waals surface area contributed by atoms with Crippen LogP contribution < -0.4 is 5.53 Å². The topological polar surface area (TPSA) is 72.1 Å². The Labute approximate surface area is 33.8 Å². The lowest BCUT2D eigenvalue weighted by Crippen LogP contribution is -2.25. The summed E-state index contributed by atoms with van der Waals surface area (Å²) < 4.78 is 30.7. The van der Waals surface area contributed by atoms with Crippen LogP contribution in [-0.4, -0.2) is 8.42 Å². The van der Waals surface area contributed by atoms with E-state index in [1.165, 1.54) is 0 Å². The molecular weight excluding hydrogens is 111 g/mol. The third kappa shape index (κ3) is 3.48. The van der Waals surface area contributed by atoms with E-state index in [-0.39, 0.29) is 0 Å². The Morgan fingerprint density at radius 3 is 1.83 bits per heavy atom. The van der Waals surface area contributed by atoms with E-state index in [1.807, 2.05) is 4.52 Å². The molecule has 4 nitrogen and oxygen atoms in total. The van der Waals surface area contributed by atoms with E-state index in [0.717, 1.165) is 0 Å². The maximum absolute atomic E-state index is 10.8. The molecule has 0 heterocycles. The van der Waals surface area contributed by atoms with Gasteiger partial charge < -0.3 is 0 Å². The molecule has 0 fully saturated rings. The fraction of sp³-hybridized carbons (Fsp3) is 0. The molecule has 0 amide bonds. The average molecular weight is 113 g/mol. The van der Waals surface area contributed by atoms with Gasteiger partial charge in [0.05, 0.1) is 0 Å². The summed E-state index contributed by atoms with van der Waals surface area (Å²) in [5.41, 5.74) is 3.97. The summed E-state index contributed by atoms with van der Waals surface area (Å²) in [5.74, 6) is 0. The number of hydrogen-bond donors (Lipinski definition) is 1. The number of nitrogens with two attached hydrogens (primary N) is 1. The fourth-order valence-corrected chi connectivity index (χ4v) is 0. The van der Waals surface area contributed by atoms with Crippen LogP contribution in [0.25, 0.3) is 0 Å². The van der Waals surface area contributed by atoms with Crippen molar-refractivity contribution in [1.29, 1.82) is 0 Å². The highest BCUT2D eigenvalue weighted by Gasteiger charge is 2.01. The van der Waals surface area contributed by atoms with Gasteiger partial charge in [-0.1, -0.05) is 3.89 Å². The maximum Gasteiger partial charge on any atom is 0.469 e. The first-order valence-corrected chi connectivity index (χ1v) is 2.27. The first-order chi connectivity index (χ1) is 2.56. The minimum atomic E-state index is -4.76. The zero-order chi connectivity index (χ0) is 5.21. The van der Waals surface area contributed by atoms with Crippen molar-refractivity contribution < 1.29 is 17.8 Å². The van der Waals surface area contributed by atoms with Gasteiger partial charge in [0.1, 0.15) is 4.52 Å². The second-order valence-corrected chi connectivity index (χ2v) is 1.55. The standard InChI is InChI=1S/FHN2O2S/c1-6(4,5)3-2/h2H/p+1. The Morgan fingerprint density at radius 2 is 1.83 bits per heavy atom. The van der Waals surface area contributed by atoms with Crippen LogP contribution in [0.1, 0.15) is 0 Å². The van der Waals surface area contributed by atoms with Crippen molar-refractivity contribution in [3.8, 4) is 0 Å². The Bertz CT molecular complexity index is 122. The van der Waals surface area contributed by atoms with E-state index in [1.54, 1.807) is 0 Å². The van der Waals surface area contributed by atoms with Crippen LogP contribution in [0.4, 0.5) is 3.89 Å². The average Bonchev–Trinajstić information content (AvgIpc) is 1.35. The molecule has 0 rings (SSSR count). The molecule has 0 aliphatic heterocycles. The molecule has 36 valence electrons. The van der Waals surface area contributed by atoms with Crippen molar-refractivity contribution >= 4 is 10.4 Å². The zero-order valence-electron chi connectivity index (χ0n) is 2.63. The minimum Gasteiger partial charge on any atom is -0.165 e. The van der Waals surface area contributed by atoms with Crippen LogP contribution >= 0.6 is 0 Å². The molecule has 0 aromatic carbocycles. The maximum atomic E-state index is 10.8. The van der Waals surface area contributed by atoms with E-state index in [4.69, 9.17) is 8.42 Å². The van der Waals surface area contributed by atoms with Gasteiger partial charge in [-0.25, -0.2) is 0 Å². The van der Waals surface area contributed by atoms with Crippen molar-refractivity contribution in [1.82, 2.24) is 0 Å². The number of nitrogens with zero attached hydrogens (tertiary/aromatic N) is 1. The Morgan fingerprint density at radius 1 is 1.67 bits per heavy atom. The highest BCUT2D eigenvalue weighted by atomic mass is 32.3. The first kappa shape index (κ1) is 5.48. The molecule has 0 aromatic heterocycles. The Hall–Kier alpha value is -0.520. The predicted octanol–water partition coefficient (Wildman–Crippen LogP) is -1.59. The molecule has 0 saturated heterocycles. The first-order valence-electron chi connectivity index (χ1n) is 0.928. The molecular formula is H2FN2O2S+. The van der Waals surface area contributed by atoms with Crippen molar-refractivity contribution in [2.24, 2.45) is 4.52 Å². The summed E-state index contributed by atoms with van der Waals surface area (Å²) in [6.45, 7) is 0. The summed E-state index contributed by atoms with van der Waals surface area (Å²) in [5, 5.41) is 0. The lowest BCUT2D eigenvalue weighted by molar-refractivity contribution is -0.203. The van der Waals surface area contributed by atoms with E-state index < -0.39 is 10.4 Å².